The number of nitrogens with one attached hydrogen (secondary N) is 1. The zero-order valence-corrected chi connectivity index (χ0v) is 16.1. The van der Waals surface area contributed by atoms with E-state index in [9.17, 15) is 0 Å². The Morgan fingerprint density at radius 2 is 1.81 bits per heavy atom. The van der Waals surface area contributed by atoms with E-state index in [1.807, 2.05) is 48.5 Å². The number of benzene rings is 3. The van der Waals surface area contributed by atoms with Crippen LogP contribution in [0.4, 0.5) is 0 Å². The molecule has 0 unspecified atom stereocenters. The standard InChI is InChI=1S/C22H20ClNOS/c1-16-6-4-7-17(12-16)14-24-22(26)18-9-5-10-20(13-18)25-15-19-8-2-3-11-21(19)23/h2-13H,14-15H2,1H3,(H,24,26). The van der Waals surface area contributed by atoms with Crippen LogP contribution in [0.5, 0.6) is 5.75 Å². The minimum Gasteiger partial charge on any atom is -0.489 e. The van der Waals surface area contributed by atoms with Crippen molar-refractivity contribution in [1.82, 2.24) is 5.32 Å². The highest BCUT2D eigenvalue weighted by molar-refractivity contribution is 7.80. The second-order valence-corrected chi connectivity index (χ2v) is 6.90. The molecule has 1 N–H and O–H groups in total. The molecule has 0 aliphatic carbocycles. The maximum Gasteiger partial charge on any atom is 0.120 e. The van der Waals surface area contributed by atoms with Gasteiger partial charge in [-0.1, -0.05) is 84.0 Å². The monoisotopic (exact) mass is 381 g/mol. The highest BCUT2D eigenvalue weighted by atomic mass is 35.5. The van der Waals surface area contributed by atoms with E-state index < -0.39 is 0 Å². The third kappa shape index (κ3) is 5.07. The van der Waals surface area contributed by atoms with E-state index in [0.29, 0.717) is 23.2 Å². The number of halogens is 1. The molecule has 3 aromatic carbocycles. The van der Waals surface area contributed by atoms with Gasteiger partial charge in [0.1, 0.15) is 17.3 Å². The van der Waals surface area contributed by atoms with Crippen molar-refractivity contribution in [3.05, 3.63) is 100 Å². The van der Waals surface area contributed by atoms with Crippen LogP contribution in [0.15, 0.2) is 72.8 Å². The van der Waals surface area contributed by atoms with E-state index >= 15 is 0 Å². The number of hydrogen-bond acceptors (Lipinski definition) is 2. The molecule has 0 fully saturated rings. The molecular formula is C22H20ClNOS. The zero-order chi connectivity index (χ0) is 18.4. The third-order valence-corrected chi connectivity index (χ3v) is 4.73. The lowest BCUT2D eigenvalue weighted by atomic mass is 10.1. The van der Waals surface area contributed by atoms with Gasteiger partial charge in [-0.05, 0) is 30.7 Å². The van der Waals surface area contributed by atoms with Gasteiger partial charge in [0, 0.05) is 22.7 Å². The summed E-state index contributed by atoms with van der Waals surface area (Å²) in [4.78, 5) is 0.703. The molecule has 132 valence electrons. The first-order valence-corrected chi connectivity index (χ1v) is 9.20. The smallest absolute Gasteiger partial charge is 0.120 e. The van der Waals surface area contributed by atoms with Crippen LogP contribution in [0.3, 0.4) is 0 Å². The molecule has 0 aliphatic heterocycles. The molecular weight excluding hydrogens is 362 g/mol. The Kier molecular flexibility index (Phi) is 6.26. The molecule has 0 amide bonds. The fraction of sp³-hybridized carbons (Fsp3) is 0.136. The highest BCUT2D eigenvalue weighted by Gasteiger charge is 2.05. The molecule has 0 aromatic heterocycles. The van der Waals surface area contributed by atoms with Gasteiger partial charge in [0.15, 0.2) is 0 Å². The second kappa shape index (κ2) is 8.84. The molecule has 3 aromatic rings. The van der Waals surface area contributed by atoms with Gasteiger partial charge < -0.3 is 10.1 Å². The molecule has 0 radical (unpaired) electrons. The fourth-order valence-electron chi connectivity index (χ4n) is 2.61. The van der Waals surface area contributed by atoms with Crippen LogP contribution in [0.2, 0.25) is 5.02 Å². The average molecular weight is 382 g/mol. The van der Waals surface area contributed by atoms with Crippen molar-refractivity contribution in [1.29, 1.82) is 0 Å². The maximum atomic E-state index is 6.17. The number of hydrogen-bond donors (Lipinski definition) is 1. The van der Waals surface area contributed by atoms with Crippen LogP contribution in [0.1, 0.15) is 22.3 Å². The number of ether oxygens (including phenoxy) is 1. The summed E-state index contributed by atoms with van der Waals surface area (Å²) in [5, 5.41) is 4.01. The molecule has 0 heterocycles. The first-order chi connectivity index (χ1) is 12.6. The number of rotatable bonds is 6. The average Bonchev–Trinajstić information content (AvgIpc) is 2.66. The Bertz CT molecular complexity index is 910. The quantitative estimate of drug-likeness (QED) is 0.554. The van der Waals surface area contributed by atoms with E-state index in [-0.39, 0.29) is 0 Å². The van der Waals surface area contributed by atoms with Crippen molar-refractivity contribution in [2.45, 2.75) is 20.1 Å². The number of thiocarbonyl (C=S) groups is 1. The van der Waals surface area contributed by atoms with Gasteiger partial charge in [-0.15, -0.1) is 0 Å². The molecule has 0 atom stereocenters. The second-order valence-electron chi connectivity index (χ2n) is 6.08. The Morgan fingerprint density at radius 1 is 1.00 bits per heavy atom. The molecule has 0 aliphatic rings. The topological polar surface area (TPSA) is 21.3 Å². The number of aryl methyl sites for hydroxylation is 1. The van der Waals surface area contributed by atoms with E-state index in [1.54, 1.807) is 0 Å². The molecule has 0 bridgehead atoms. The highest BCUT2D eigenvalue weighted by Crippen LogP contribution is 2.19. The zero-order valence-electron chi connectivity index (χ0n) is 14.5. The van der Waals surface area contributed by atoms with E-state index in [4.69, 9.17) is 28.6 Å². The molecule has 4 heteroatoms. The lowest BCUT2D eigenvalue weighted by Gasteiger charge is -2.11. The van der Waals surface area contributed by atoms with Crippen LogP contribution in [-0.2, 0) is 13.2 Å². The lowest BCUT2D eigenvalue weighted by molar-refractivity contribution is 0.306. The van der Waals surface area contributed by atoms with E-state index in [2.05, 4.69) is 36.5 Å². The molecule has 0 saturated heterocycles. The summed E-state index contributed by atoms with van der Waals surface area (Å²) in [6, 6.07) is 23.8. The van der Waals surface area contributed by atoms with Gasteiger partial charge in [0.2, 0.25) is 0 Å². The van der Waals surface area contributed by atoms with Crippen molar-refractivity contribution >= 4 is 28.8 Å². The van der Waals surface area contributed by atoms with Crippen LogP contribution < -0.4 is 10.1 Å². The van der Waals surface area contributed by atoms with Crippen molar-refractivity contribution in [3.8, 4) is 5.75 Å². The van der Waals surface area contributed by atoms with Gasteiger partial charge in [0.25, 0.3) is 0 Å². The normalized spacial score (nSPS) is 10.4. The van der Waals surface area contributed by atoms with Gasteiger partial charge in [-0.2, -0.15) is 0 Å². The summed E-state index contributed by atoms with van der Waals surface area (Å²) >= 11 is 11.7. The van der Waals surface area contributed by atoms with Crippen molar-refractivity contribution in [2.24, 2.45) is 0 Å². The summed E-state index contributed by atoms with van der Waals surface area (Å²) < 4.78 is 5.87. The molecule has 3 rings (SSSR count). The predicted molar refractivity (Wildman–Crippen MR) is 112 cm³/mol. The van der Waals surface area contributed by atoms with Crippen molar-refractivity contribution in [2.75, 3.05) is 0 Å². The Labute approximate surface area is 164 Å². The van der Waals surface area contributed by atoms with Crippen molar-refractivity contribution < 1.29 is 4.74 Å². The first kappa shape index (κ1) is 18.4. The van der Waals surface area contributed by atoms with Crippen LogP contribution >= 0.6 is 23.8 Å². The van der Waals surface area contributed by atoms with Gasteiger partial charge in [-0.25, -0.2) is 0 Å². The minimum atomic E-state index is 0.423. The van der Waals surface area contributed by atoms with Gasteiger partial charge in [0.05, 0.1) is 0 Å². The Balaban J connectivity index is 1.61. The van der Waals surface area contributed by atoms with Crippen molar-refractivity contribution in [3.63, 3.8) is 0 Å². The van der Waals surface area contributed by atoms with E-state index in [0.717, 1.165) is 16.9 Å². The van der Waals surface area contributed by atoms with Crippen LogP contribution in [-0.4, -0.2) is 4.99 Å². The third-order valence-electron chi connectivity index (χ3n) is 3.98. The summed E-state index contributed by atoms with van der Waals surface area (Å²) in [5.74, 6) is 0.766. The maximum absolute atomic E-state index is 6.17. The van der Waals surface area contributed by atoms with E-state index in [1.165, 1.54) is 11.1 Å². The first-order valence-electron chi connectivity index (χ1n) is 8.42. The molecule has 26 heavy (non-hydrogen) atoms. The Morgan fingerprint density at radius 3 is 2.62 bits per heavy atom. The predicted octanol–water partition coefficient (Wildman–Crippen LogP) is 5.69. The van der Waals surface area contributed by atoms with Crippen LogP contribution in [0.25, 0.3) is 0 Å². The minimum absolute atomic E-state index is 0.423. The summed E-state index contributed by atoms with van der Waals surface area (Å²) in [5.41, 5.74) is 4.34. The summed E-state index contributed by atoms with van der Waals surface area (Å²) in [6.07, 6.45) is 0. The fourth-order valence-corrected chi connectivity index (χ4v) is 3.00. The van der Waals surface area contributed by atoms with Crippen LogP contribution in [0, 0.1) is 6.92 Å². The largest absolute Gasteiger partial charge is 0.489 e. The lowest BCUT2D eigenvalue weighted by Crippen LogP contribution is -2.21. The summed E-state index contributed by atoms with van der Waals surface area (Å²) in [7, 11) is 0. The SMILES string of the molecule is Cc1cccc(CNC(=S)c2cccc(OCc3ccccc3Cl)c2)c1. The van der Waals surface area contributed by atoms with Gasteiger partial charge in [-0.3, -0.25) is 0 Å². The van der Waals surface area contributed by atoms with Gasteiger partial charge >= 0.3 is 0 Å². The molecule has 2 nitrogen and oxygen atoms in total. The molecule has 0 spiro atoms. The summed E-state index contributed by atoms with van der Waals surface area (Å²) in [6.45, 7) is 3.21. The molecule has 0 saturated carbocycles. The Hall–Kier alpha value is -2.36.